The van der Waals surface area contributed by atoms with Crippen LogP contribution in [0, 0.1) is 19.8 Å². The van der Waals surface area contributed by atoms with Crippen LogP contribution in [0.4, 0.5) is 0 Å². The second-order valence-electron chi connectivity index (χ2n) is 6.16. The van der Waals surface area contributed by atoms with Crippen LogP contribution in [0.5, 0.6) is 5.75 Å². The zero-order valence-electron chi connectivity index (χ0n) is 14.2. The Morgan fingerprint density at radius 1 is 1.33 bits per heavy atom. The Morgan fingerprint density at radius 2 is 2.08 bits per heavy atom. The van der Waals surface area contributed by atoms with Gasteiger partial charge in [-0.3, -0.25) is 4.68 Å². The number of aryl methyl sites for hydroxylation is 2. The minimum atomic E-state index is -3.58. The van der Waals surface area contributed by atoms with E-state index in [1.165, 1.54) is 0 Å². The summed E-state index contributed by atoms with van der Waals surface area (Å²) in [4.78, 5) is 0.293. The smallest absolute Gasteiger partial charge is 0.244 e. The van der Waals surface area contributed by atoms with Crippen molar-refractivity contribution in [3.8, 4) is 5.75 Å². The quantitative estimate of drug-likeness (QED) is 0.897. The number of nitrogens with zero attached hydrogens (tertiary/aromatic N) is 2. The van der Waals surface area contributed by atoms with Gasteiger partial charge in [-0.2, -0.15) is 5.10 Å². The normalized spacial score (nSPS) is 17.4. The van der Waals surface area contributed by atoms with Crippen LogP contribution in [-0.4, -0.2) is 31.3 Å². The van der Waals surface area contributed by atoms with E-state index in [-0.39, 0.29) is 5.92 Å². The van der Waals surface area contributed by atoms with Crippen molar-refractivity contribution >= 4 is 10.0 Å². The number of nitrogens with one attached hydrogen (secondary N) is 1. The summed E-state index contributed by atoms with van der Waals surface area (Å²) in [5.74, 6) is 1.02. The monoisotopic (exact) mass is 349 g/mol. The van der Waals surface area contributed by atoms with E-state index in [0.29, 0.717) is 36.0 Å². The first-order valence-electron chi connectivity index (χ1n) is 8.16. The molecule has 6 nitrogen and oxygen atoms in total. The van der Waals surface area contributed by atoms with E-state index in [2.05, 4.69) is 9.82 Å². The predicted molar refractivity (Wildman–Crippen MR) is 91.7 cm³/mol. The molecular weight excluding hydrogens is 326 g/mol. The molecule has 0 amide bonds. The Hall–Kier alpha value is -1.86. The molecule has 1 aromatic heterocycles. The molecule has 0 saturated heterocycles. The van der Waals surface area contributed by atoms with Gasteiger partial charge >= 0.3 is 0 Å². The fourth-order valence-electron chi connectivity index (χ4n) is 3.20. The molecule has 24 heavy (non-hydrogen) atoms. The first kappa shape index (κ1) is 17.0. The van der Waals surface area contributed by atoms with Crippen molar-refractivity contribution in [3.05, 3.63) is 41.2 Å². The van der Waals surface area contributed by atoms with Crippen molar-refractivity contribution in [1.82, 2.24) is 14.5 Å². The lowest BCUT2D eigenvalue weighted by Gasteiger charge is -2.25. The molecule has 0 bridgehead atoms. The third-order valence-electron chi connectivity index (χ3n) is 4.40. The Morgan fingerprint density at radius 3 is 2.79 bits per heavy atom. The summed E-state index contributed by atoms with van der Waals surface area (Å²) in [6, 6.07) is 7.89. The maximum absolute atomic E-state index is 12.7. The topological polar surface area (TPSA) is 73.2 Å². The highest BCUT2D eigenvalue weighted by atomic mass is 32.2. The van der Waals surface area contributed by atoms with Crippen LogP contribution in [0.3, 0.4) is 0 Å². The molecule has 3 rings (SSSR count). The standard InChI is InChI=1S/C17H23N3O3S/c1-4-20-13(3)17(12(2)19-20)24(21,22)18-10-14-9-15-7-5-6-8-16(15)23-11-14/h5-8,14,18H,4,9-11H2,1-3H3. The summed E-state index contributed by atoms with van der Waals surface area (Å²) in [7, 11) is -3.58. The van der Waals surface area contributed by atoms with Gasteiger partial charge in [-0.05, 0) is 38.8 Å². The summed E-state index contributed by atoms with van der Waals surface area (Å²) in [5.41, 5.74) is 2.33. The highest BCUT2D eigenvalue weighted by molar-refractivity contribution is 7.89. The molecule has 0 fully saturated rings. The van der Waals surface area contributed by atoms with Crippen LogP contribution in [0.2, 0.25) is 0 Å². The maximum atomic E-state index is 12.7. The van der Waals surface area contributed by atoms with Crippen LogP contribution < -0.4 is 9.46 Å². The summed E-state index contributed by atoms with van der Waals surface area (Å²) >= 11 is 0. The van der Waals surface area contributed by atoms with Gasteiger partial charge in [0.25, 0.3) is 0 Å². The molecule has 1 aliphatic heterocycles. The fourth-order valence-corrected chi connectivity index (χ4v) is 4.72. The number of ether oxygens (including phenoxy) is 1. The second-order valence-corrected chi connectivity index (χ2v) is 7.86. The van der Waals surface area contributed by atoms with Gasteiger partial charge < -0.3 is 4.74 Å². The van der Waals surface area contributed by atoms with Gasteiger partial charge in [0.2, 0.25) is 10.0 Å². The zero-order valence-corrected chi connectivity index (χ0v) is 15.1. The average molecular weight is 349 g/mol. The third kappa shape index (κ3) is 3.18. The van der Waals surface area contributed by atoms with E-state index >= 15 is 0 Å². The number of hydrogen-bond donors (Lipinski definition) is 1. The highest BCUT2D eigenvalue weighted by Crippen LogP contribution is 2.27. The number of fused-ring (bicyclic) bond motifs is 1. The summed E-state index contributed by atoms with van der Waals surface area (Å²) in [6.45, 7) is 6.99. The molecule has 0 spiro atoms. The molecule has 130 valence electrons. The van der Waals surface area contributed by atoms with Crippen molar-refractivity contribution in [1.29, 1.82) is 0 Å². The molecule has 0 aliphatic carbocycles. The van der Waals surface area contributed by atoms with Gasteiger partial charge in [0.15, 0.2) is 0 Å². The Labute approximate surface area is 142 Å². The van der Waals surface area contributed by atoms with E-state index in [1.807, 2.05) is 31.2 Å². The second kappa shape index (κ2) is 6.57. The number of para-hydroxylation sites is 1. The number of rotatable bonds is 5. The van der Waals surface area contributed by atoms with Crippen molar-refractivity contribution in [2.24, 2.45) is 5.92 Å². The van der Waals surface area contributed by atoms with Gasteiger partial charge in [-0.25, -0.2) is 13.1 Å². The molecule has 1 aliphatic rings. The first-order chi connectivity index (χ1) is 11.4. The Kier molecular flexibility index (Phi) is 4.64. The van der Waals surface area contributed by atoms with E-state index in [4.69, 9.17) is 4.74 Å². The Bertz CT molecular complexity index is 843. The van der Waals surface area contributed by atoms with Crippen molar-refractivity contribution in [3.63, 3.8) is 0 Å². The first-order valence-corrected chi connectivity index (χ1v) is 9.65. The van der Waals surface area contributed by atoms with Crippen molar-refractivity contribution < 1.29 is 13.2 Å². The number of benzene rings is 1. The lowest BCUT2D eigenvalue weighted by atomic mass is 9.97. The molecule has 0 saturated carbocycles. The minimum absolute atomic E-state index is 0.122. The molecule has 0 radical (unpaired) electrons. The lowest BCUT2D eigenvalue weighted by molar-refractivity contribution is 0.223. The lowest BCUT2D eigenvalue weighted by Crippen LogP contribution is -2.35. The molecule has 1 aromatic carbocycles. The van der Waals surface area contributed by atoms with Gasteiger partial charge in [-0.15, -0.1) is 0 Å². The van der Waals surface area contributed by atoms with Crippen LogP contribution >= 0.6 is 0 Å². The molecule has 1 unspecified atom stereocenters. The van der Waals surface area contributed by atoms with Crippen LogP contribution in [0.15, 0.2) is 29.2 Å². The highest BCUT2D eigenvalue weighted by Gasteiger charge is 2.26. The minimum Gasteiger partial charge on any atom is -0.493 e. The van der Waals surface area contributed by atoms with E-state index in [9.17, 15) is 8.42 Å². The Balaban J connectivity index is 1.72. The van der Waals surface area contributed by atoms with Gasteiger partial charge in [0.1, 0.15) is 10.6 Å². The number of sulfonamides is 1. The van der Waals surface area contributed by atoms with Gasteiger partial charge in [0.05, 0.1) is 18.0 Å². The predicted octanol–water partition coefficient (Wildman–Crippen LogP) is 2.05. The summed E-state index contributed by atoms with van der Waals surface area (Å²) < 4.78 is 35.5. The molecule has 2 heterocycles. The number of aromatic nitrogens is 2. The third-order valence-corrected chi connectivity index (χ3v) is 6.08. The molecular formula is C17H23N3O3S. The van der Waals surface area contributed by atoms with Crippen LogP contribution in [-0.2, 0) is 23.0 Å². The maximum Gasteiger partial charge on any atom is 0.244 e. The van der Waals surface area contributed by atoms with Crippen molar-refractivity contribution in [2.45, 2.75) is 38.6 Å². The van der Waals surface area contributed by atoms with Gasteiger partial charge in [-0.1, -0.05) is 18.2 Å². The largest absolute Gasteiger partial charge is 0.493 e. The van der Waals surface area contributed by atoms with Crippen LogP contribution in [0.1, 0.15) is 23.9 Å². The van der Waals surface area contributed by atoms with E-state index < -0.39 is 10.0 Å². The molecule has 1 atom stereocenters. The van der Waals surface area contributed by atoms with E-state index in [1.54, 1.807) is 18.5 Å². The van der Waals surface area contributed by atoms with E-state index in [0.717, 1.165) is 17.7 Å². The molecule has 1 N–H and O–H groups in total. The van der Waals surface area contributed by atoms with Gasteiger partial charge in [0, 0.05) is 19.0 Å². The number of hydrogen-bond acceptors (Lipinski definition) is 4. The molecule has 7 heteroatoms. The SMILES string of the molecule is CCn1nc(C)c(S(=O)(=O)NCC2COc3ccccc3C2)c1C. The van der Waals surface area contributed by atoms with Crippen molar-refractivity contribution in [2.75, 3.05) is 13.2 Å². The fraction of sp³-hybridized carbons (Fsp3) is 0.471. The zero-order chi connectivity index (χ0) is 17.3. The molecule has 2 aromatic rings. The van der Waals surface area contributed by atoms with Crippen LogP contribution in [0.25, 0.3) is 0 Å². The summed E-state index contributed by atoms with van der Waals surface area (Å²) in [6.07, 6.45) is 0.810. The summed E-state index contributed by atoms with van der Waals surface area (Å²) in [5, 5.41) is 4.29. The average Bonchev–Trinajstić information content (AvgIpc) is 2.87.